The summed E-state index contributed by atoms with van der Waals surface area (Å²) in [7, 11) is 0. The number of carbonyl (C=O) groups is 1. The van der Waals surface area contributed by atoms with E-state index in [1.807, 2.05) is 17.9 Å². The molecule has 0 saturated heterocycles. The van der Waals surface area contributed by atoms with Gasteiger partial charge in [-0.15, -0.1) is 9.56 Å². The molecule has 2 aromatic rings. The van der Waals surface area contributed by atoms with Crippen LogP contribution in [0.2, 0.25) is 0 Å². The second-order valence-electron chi connectivity index (χ2n) is 5.38. The van der Waals surface area contributed by atoms with Crippen LogP contribution in [-0.4, -0.2) is 40.3 Å². The van der Waals surface area contributed by atoms with Crippen molar-refractivity contribution in [1.82, 2.24) is 14.5 Å². The molecule has 1 amide bonds. The quantitative estimate of drug-likeness (QED) is 0.657. The van der Waals surface area contributed by atoms with Crippen molar-refractivity contribution in [3.05, 3.63) is 28.8 Å². The Morgan fingerprint density at radius 2 is 2.29 bits per heavy atom. The molecule has 3 heterocycles. The van der Waals surface area contributed by atoms with Gasteiger partial charge in [0.2, 0.25) is 0 Å². The second kappa shape index (κ2) is 7.16. The van der Waals surface area contributed by atoms with Gasteiger partial charge in [0.15, 0.2) is 5.82 Å². The Morgan fingerprint density at radius 1 is 1.42 bits per heavy atom. The number of aromatic nitrogens is 3. The smallest absolute Gasteiger partial charge is 0.449 e. The largest absolute Gasteiger partial charge is 0.461 e. The fraction of sp³-hybridized carbons (Fsp3) is 0.467. The van der Waals surface area contributed by atoms with E-state index < -0.39 is 11.8 Å². The molecule has 0 bridgehead atoms. The summed E-state index contributed by atoms with van der Waals surface area (Å²) in [4.78, 5) is 33.4. The van der Waals surface area contributed by atoms with E-state index >= 15 is 0 Å². The van der Waals surface area contributed by atoms with Crippen LogP contribution in [-0.2, 0) is 4.74 Å². The maximum absolute atomic E-state index is 11.9. The standard InChI is InChI=1S/C15H19N5O4/c1-2-3-9-23-14(21)17-12-10-11(19-7-5-4-6-8-19)16-13-18-15(22)24-20(12)13/h4-5,10H,2-3,6-9H2,1H3,(H,17,21). The maximum atomic E-state index is 11.9. The van der Waals surface area contributed by atoms with E-state index in [0.29, 0.717) is 19.0 Å². The van der Waals surface area contributed by atoms with Crippen molar-refractivity contribution in [2.75, 3.05) is 29.9 Å². The normalized spacial score (nSPS) is 14.1. The molecule has 2 aromatic heterocycles. The molecule has 9 heteroatoms. The highest BCUT2D eigenvalue weighted by Gasteiger charge is 2.17. The molecule has 0 aromatic carbocycles. The Kier molecular flexibility index (Phi) is 4.78. The van der Waals surface area contributed by atoms with Crippen LogP contribution in [0.1, 0.15) is 26.2 Å². The molecule has 9 nitrogen and oxygen atoms in total. The van der Waals surface area contributed by atoms with Gasteiger partial charge < -0.3 is 14.2 Å². The molecule has 0 saturated carbocycles. The van der Waals surface area contributed by atoms with Crippen LogP contribution in [0.5, 0.6) is 0 Å². The topological polar surface area (TPSA) is 102 Å². The van der Waals surface area contributed by atoms with Crippen molar-refractivity contribution in [2.24, 2.45) is 0 Å². The van der Waals surface area contributed by atoms with E-state index in [9.17, 15) is 9.59 Å². The Hall–Kier alpha value is -2.84. The number of fused-ring (bicyclic) bond motifs is 1. The molecule has 1 aliphatic rings. The number of hydrogen-bond donors (Lipinski definition) is 1. The van der Waals surface area contributed by atoms with Gasteiger partial charge >= 0.3 is 11.8 Å². The number of nitrogens with one attached hydrogen (secondary N) is 1. The van der Waals surface area contributed by atoms with Crippen LogP contribution in [0.25, 0.3) is 5.78 Å². The van der Waals surface area contributed by atoms with Gasteiger partial charge in [0.05, 0.1) is 6.61 Å². The zero-order chi connectivity index (χ0) is 16.9. The summed E-state index contributed by atoms with van der Waals surface area (Å²) >= 11 is 0. The summed E-state index contributed by atoms with van der Waals surface area (Å²) in [5.41, 5.74) is 0. The van der Waals surface area contributed by atoms with Crippen molar-refractivity contribution >= 4 is 23.5 Å². The summed E-state index contributed by atoms with van der Waals surface area (Å²) in [5.74, 6) is 0.175. The Bertz CT molecular complexity index is 810. The predicted octanol–water partition coefficient (Wildman–Crippen LogP) is 1.80. The molecule has 3 rings (SSSR count). The van der Waals surface area contributed by atoms with Crippen molar-refractivity contribution in [2.45, 2.75) is 26.2 Å². The average molecular weight is 333 g/mol. The summed E-state index contributed by atoms with van der Waals surface area (Å²) < 4.78 is 11.1. The van der Waals surface area contributed by atoms with E-state index in [-0.39, 0.29) is 11.6 Å². The summed E-state index contributed by atoms with van der Waals surface area (Å²) in [6.07, 6.45) is 6.13. The van der Waals surface area contributed by atoms with Crippen molar-refractivity contribution in [3.63, 3.8) is 0 Å². The third kappa shape index (κ3) is 3.55. The van der Waals surface area contributed by atoms with Gasteiger partial charge in [-0.3, -0.25) is 5.32 Å². The highest BCUT2D eigenvalue weighted by molar-refractivity contribution is 5.84. The lowest BCUT2D eigenvalue weighted by molar-refractivity contribution is 0.159. The lowest BCUT2D eigenvalue weighted by Crippen LogP contribution is -2.28. The molecule has 1 aliphatic heterocycles. The fourth-order valence-electron chi connectivity index (χ4n) is 2.36. The number of anilines is 2. The van der Waals surface area contributed by atoms with Gasteiger partial charge in [0.1, 0.15) is 5.82 Å². The van der Waals surface area contributed by atoms with Crippen LogP contribution in [0, 0.1) is 0 Å². The van der Waals surface area contributed by atoms with Crippen LogP contribution >= 0.6 is 0 Å². The van der Waals surface area contributed by atoms with Crippen molar-refractivity contribution in [1.29, 1.82) is 0 Å². The first-order valence-corrected chi connectivity index (χ1v) is 7.92. The summed E-state index contributed by atoms with van der Waals surface area (Å²) in [5, 5.41) is 2.58. The summed E-state index contributed by atoms with van der Waals surface area (Å²) in [6, 6.07) is 1.64. The van der Waals surface area contributed by atoms with E-state index in [2.05, 4.69) is 21.4 Å². The van der Waals surface area contributed by atoms with Gasteiger partial charge in [0, 0.05) is 19.2 Å². The van der Waals surface area contributed by atoms with E-state index in [4.69, 9.17) is 9.26 Å². The third-order valence-electron chi connectivity index (χ3n) is 3.58. The van der Waals surface area contributed by atoms with Gasteiger partial charge in [-0.25, -0.2) is 9.59 Å². The number of hydrogen-bond acceptors (Lipinski definition) is 7. The Morgan fingerprint density at radius 3 is 3.04 bits per heavy atom. The first-order chi connectivity index (χ1) is 11.7. The molecule has 0 unspecified atom stereocenters. The lowest BCUT2D eigenvalue weighted by atomic mass is 10.2. The number of rotatable bonds is 5. The highest BCUT2D eigenvalue weighted by Crippen LogP contribution is 2.20. The molecule has 0 spiro atoms. The zero-order valence-corrected chi connectivity index (χ0v) is 13.4. The van der Waals surface area contributed by atoms with E-state index in [1.54, 1.807) is 6.07 Å². The molecule has 0 fully saturated rings. The van der Waals surface area contributed by atoms with Crippen LogP contribution in [0.4, 0.5) is 16.4 Å². The predicted molar refractivity (Wildman–Crippen MR) is 87.4 cm³/mol. The second-order valence-corrected chi connectivity index (χ2v) is 5.38. The van der Waals surface area contributed by atoms with E-state index in [0.717, 1.165) is 30.4 Å². The van der Waals surface area contributed by atoms with Crippen LogP contribution in [0.3, 0.4) is 0 Å². The maximum Gasteiger partial charge on any atom is 0.461 e. The minimum atomic E-state index is -0.777. The molecule has 1 N–H and O–H groups in total. The molecule has 0 atom stereocenters. The van der Waals surface area contributed by atoms with E-state index in [1.165, 1.54) is 0 Å². The molecule has 128 valence electrons. The first-order valence-electron chi connectivity index (χ1n) is 7.92. The molecule has 0 aliphatic carbocycles. The van der Waals surface area contributed by atoms with Crippen molar-refractivity contribution < 1.29 is 14.1 Å². The van der Waals surface area contributed by atoms with Gasteiger partial charge in [-0.1, -0.05) is 25.5 Å². The average Bonchev–Trinajstić information content (AvgIpc) is 2.96. The van der Waals surface area contributed by atoms with Crippen molar-refractivity contribution in [3.8, 4) is 0 Å². The van der Waals surface area contributed by atoms with Gasteiger partial charge in [-0.2, -0.15) is 4.98 Å². The number of unbranched alkanes of at least 4 members (excludes halogenated alkanes) is 1. The SMILES string of the molecule is CCCCOC(=O)Nc1cc(N2CC=CCC2)nc2nc(=O)on12. The third-order valence-corrected chi connectivity index (χ3v) is 3.58. The molecule has 0 radical (unpaired) electrons. The van der Waals surface area contributed by atoms with Crippen LogP contribution < -0.4 is 16.0 Å². The van der Waals surface area contributed by atoms with Gasteiger partial charge in [0.25, 0.3) is 5.78 Å². The number of nitrogens with zero attached hydrogens (tertiary/aromatic N) is 4. The fourth-order valence-corrected chi connectivity index (χ4v) is 2.36. The number of amides is 1. The lowest BCUT2D eigenvalue weighted by Gasteiger charge is -2.24. The first kappa shape index (κ1) is 16.0. The van der Waals surface area contributed by atoms with Crippen LogP contribution in [0.15, 0.2) is 27.5 Å². The minimum Gasteiger partial charge on any atom is -0.449 e. The number of ether oxygens (including phenoxy) is 1. The van der Waals surface area contributed by atoms with Gasteiger partial charge in [-0.05, 0) is 12.8 Å². The Labute approximate surface area is 137 Å². The number of carbonyl (C=O) groups excluding carboxylic acids is 1. The zero-order valence-electron chi connectivity index (χ0n) is 13.4. The Balaban J connectivity index is 1.88. The summed E-state index contributed by atoms with van der Waals surface area (Å²) in [6.45, 7) is 3.83. The molecular formula is C15H19N5O4. The molecule has 24 heavy (non-hydrogen) atoms. The minimum absolute atomic E-state index is 0.0934. The highest BCUT2D eigenvalue weighted by atomic mass is 16.6. The molecular weight excluding hydrogens is 314 g/mol. The monoisotopic (exact) mass is 333 g/mol.